The molecule has 0 bridgehead atoms. The van der Waals surface area contributed by atoms with Gasteiger partial charge < -0.3 is 0 Å². The second-order valence-corrected chi connectivity index (χ2v) is 13.0. The SMILES string of the molecule is CC1(C)c2ccccc2-c2c1c1c(c3ccccc23)c2ccccc2n1-c1ccc2nc(-c3ccc4ccccc4c3)ccc2n1. The summed E-state index contributed by atoms with van der Waals surface area (Å²) in [6.07, 6.45) is 0. The first-order valence-electron chi connectivity index (χ1n) is 15.9. The van der Waals surface area contributed by atoms with E-state index in [2.05, 4.69) is 158 Å². The summed E-state index contributed by atoms with van der Waals surface area (Å²) in [5.41, 5.74) is 11.5. The van der Waals surface area contributed by atoms with Crippen molar-refractivity contribution >= 4 is 54.4 Å². The normalized spacial score (nSPS) is 13.6. The van der Waals surface area contributed by atoms with Crippen LogP contribution < -0.4 is 0 Å². The van der Waals surface area contributed by atoms with Crippen LogP contribution in [0.4, 0.5) is 0 Å². The molecule has 1 aliphatic rings. The molecule has 0 unspecified atom stereocenters. The third kappa shape index (κ3) is 3.37. The van der Waals surface area contributed by atoms with E-state index in [1.54, 1.807) is 0 Å². The van der Waals surface area contributed by atoms with Crippen molar-refractivity contribution in [2.75, 3.05) is 0 Å². The van der Waals surface area contributed by atoms with Crippen LogP contribution in [0.25, 0.3) is 82.6 Å². The van der Waals surface area contributed by atoms with E-state index in [0.29, 0.717) is 0 Å². The molecule has 1 aliphatic carbocycles. The fourth-order valence-corrected chi connectivity index (χ4v) is 8.06. The summed E-state index contributed by atoms with van der Waals surface area (Å²) in [6, 6.07) is 50.1. The molecule has 0 saturated heterocycles. The minimum atomic E-state index is -0.187. The third-order valence-corrected chi connectivity index (χ3v) is 10.1. The van der Waals surface area contributed by atoms with Crippen LogP contribution in [-0.2, 0) is 5.41 Å². The molecule has 6 aromatic carbocycles. The fraction of sp³-hybridized carbons (Fsp3) is 0.0698. The van der Waals surface area contributed by atoms with E-state index in [1.807, 2.05) is 0 Å². The lowest BCUT2D eigenvalue weighted by Crippen LogP contribution is -2.16. The highest BCUT2D eigenvalue weighted by Gasteiger charge is 2.40. The fourth-order valence-electron chi connectivity index (χ4n) is 8.06. The van der Waals surface area contributed by atoms with Gasteiger partial charge in [-0.1, -0.05) is 117 Å². The first kappa shape index (κ1) is 25.5. The van der Waals surface area contributed by atoms with Crippen LogP contribution >= 0.6 is 0 Å². The Labute approximate surface area is 266 Å². The minimum Gasteiger partial charge on any atom is -0.293 e. The summed E-state index contributed by atoms with van der Waals surface area (Å²) in [5, 5.41) is 7.57. The van der Waals surface area contributed by atoms with Crippen molar-refractivity contribution in [2.45, 2.75) is 19.3 Å². The minimum absolute atomic E-state index is 0.187. The van der Waals surface area contributed by atoms with E-state index in [1.165, 1.54) is 60.1 Å². The number of pyridine rings is 2. The molecule has 10 rings (SSSR count). The zero-order valence-electron chi connectivity index (χ0n) is 25.6. The highest BCUT2D eigenvalue weighted by atomic mass is 15.1. The van der Waals surface area contributed by atoms with Crippen LogP contribution in [0.5, 0.6) is 0 Å². The molecule has 0 fully saturated rings. The average Bonchev–Trinajstić information content (AvgIpc) is 3.57. The van der Waals surface area contributed by atoms with Gasteiger partial charge in [0.1, 0.15) is 5.82 Å². The maximum absolute atomic E-state index is 5.31. The number of para-hydroxylation sites is 1. The molecule has 46 heavy (non-hydrogen) atoms. The van der Waals surface area contributed by atoms with Crippen molar-refractivity contribution < 1.29 is 0 Å². The molecule has 0 saturated carbocycles. The first-order chi connectivity index (χ1) is 22.6. The lowest BCUT2D eigenvalue weighted by molar-refractivity contribution is 0.664. The summed E-state index contributed by atoms with van der Waals surface area (Å²) in [4.78, 5) is 10.4. The maximum atomic E-state index is 5.31. The average molecular weight is 588 g/mol. The molecule has 216 valence electrons. The molecule has 3 nitrogen and oxygen atoms in total. The second-order valence-electron chi connectivity index (χ2n) is 13.0. The molecule has 0 atom stereocenters. The van der Waals surface area contributed by atoms with Crippen molar-refractivity contribution in [2.24, 2.45) is 0 Å². The molecule has 3 heteroatoms. The topological polar surface area (TPSA) is 30.7 Å². The number of hydrogen-bond donors (Lipinski definition) is 0. The van der Waals surface area contributed by atoms with Gasteiger partial charge in [0.05, 0.1) is 27.8 Å². The van der Waals surface area contributed by atoms with Crippen LogP contribution in [-0.4, -0.2) is 14.5 Å². The van der Waals surface area contributed by atoms with E-state index in [9.17, 15) is 0 Å². The Bertz CT molecular complexity index is 2730. The van der Waals surface area contributed by atoms with Gasteiger partial charge in [-0.05, 0) is 80.2 Å². The number of benzene rings is 6. The van der Waals surface area contributed by atoms with Crippen LogP contribution in [0.2, 0.25) is 0 Å². The smallest absolute Gasteiger partial charge is 0.138 e. The summed E-state index contributed by atoms with van der Waals surface area (Å²) in [7, 11) is 0. The van der Waals surface area contributed by atoms with Crippen molar-refractivity contribution in [3.8, 4) is 28.2 Å². The Morgan fingerprint density at radius 3 is 2.15 bits per heavy atom. The van der Waals surface area contributed by atoms with Gasteiger partial charge in [0.2, 0.25) is 0 Å². The standard InChI is InChI=1S/C43H29N3/c1-43(2)33-17-9-7-15-31(33)39-29-13-5-6-14-30(29)40-32-16-8-10-18-37(32)46(42(40)41(39)43)38-24-23-35-36(45-38)22-21-34(44-35)28-20-19-26-11-3-4-12-27(26)25-28/h3-25H,1-2H3. The first-order valence-corrected chi connectivity index (χ1v) is 15.9. The molecular formula is C43H29N3. The molecule has 0 spiro atoms. The van der Waals surface area contributed by atoms with Gasteiger partial charge in [-0.2, -0.15) is 0 Å². The Balaban J connectivity index is 1.26. The van der Waals surface area contributed by atoms with Crippen molar-refractivity contribution in [1.29, 1.82) is 0 Å². The molecule has 0 radical (unpaired) electrons. The molecular weight excluding hydrogens is 558 g/mol. The predicted molar refractivity (Wildman–Crippen MR) is 192 cm³/mol. The third-order valence-electron chi connectivity index (χ3n) is 10.1. The largest absolute Gasteiger partial charge is 0.293 e. The van der Waals surface area contributed by atoms with Gasteiger partial charge in [0, 0.05) is 21.8 Å². The summed E-state index contributed by atoms with van der Waals surface area (Å²) in [5.74, 6) is 0.906. The number of rotatable bonds is 2. The Morgan fingerprint density at radius 2 is 1.26 bits per heavy atom. The lowest BCUT2D eigenvalue weighted by Gasteiger charge is -2.24. The number of hydrogen-bond acceptors (Lipinski definition) is 2. The summed E-state index contributed by atoms with van der Waals surface area (Å²) >= 11 is 0. The van der Waals surface area contributed by atoms with E-state index in [0.717, 1.165) is 33.6 Å². The second kappa shape index (κ2) is 9.12. The van der Waals surface area contributed by atoms with Gasteiger partial charge in [-0.25, -0.2) is 9.97 Å². The predicted octanol–water partition coefficient (Wildman–Crippen LogP) is 11.0. The van der Waals surface area contributed by atoms with Crippen molar-refractivity contribution in [1.82, 2.24) is 14.5 Å². The van der Waals surface area contributed by atoms with Gasteiger partial charge >= 0.3 is 0 Å². The van der Waals surface area contributed by atoms with Gasteiger partial charge in [-0.15, -0.1) is 0 Å². The molecule has 0 amide bonds. The molecule has 3 aromatic heterocycles. The lowest BCUT2D eigenvalue weighted by atomic mass is 9.80. The highest BCUT2D eigenvalue weighted by Crippen LogP contribution is 2.56. The number of fused-ring (bicyclic) bond motifs is 12. The molecule has 3 heterocycles. The van der Waals surface area contributed by atoms with Gasteiger partial charge in [0.25, 0.3) is 0 Å². The van der Waals surface area contributed by atoms with E-state index in [4.69, 9.17) is 9.97 Å². The summed E-state index contributed by atoms with van der Waals surface area (Å²) in [6.45, 7) is 4.75. The van der Waals surface area contributed by atoms with Crippen LogP contribution in [0.1, 0.15) is 25.0 Å². The van der Waals surface area contributed by atoms with Crippen molar-refractivity contribution in [3.63, 3.8) is 0 Å². The quantitative estimate of drug-likeness (QED) is 0.201. The van der Waals surface area contributed by atoms with E-state index < -0.39 is 0 Å². The van der Waals surface area contributed by atoms with Crippen LogP contribution in [0.3, 0.4) is 0 Å². The zero-order valence-corrected chi connectivity index (χ0v) is 25.6. The molecule has 9 aromatic rings. The van der Waals surface area contributed by atoms with Gasteiger partial charge in [-0.3, -0.25) is 4.57 Å². The monoisotopic (exact) mass is 587 g/mol. The van der Waals surface area contributed by atoms with Crippen LogP contribution in [0, 0.1) is 0 Å². The molecule has 0 aliphatic heterocycles. The van der Waals surface area contributed by atoms with Crippen molar-refractivity contribution in [3.05, 3.63) is 151 Å². The number of aromatic nitrogens is 3. The maximum Gasteiger partial charge on any atom is 0.138 e. The zero-order chi connectivity index (χ0) is 30.6. The Hall–Kier alpha value is -5.80. The highest BCUT2D eigenvalue weighted by molar-refractivity contribution is 6.26. The Morgan fingerprint density at radius 1 is 0.565 bits per heavy atom. The summed E-state index contributed by atoms with van der Waals surface area (Å²) < 4.78 is 2.40. The van der Waals surface area contributed by atoms with E-state index in [-0.39, 0.29) is 5.41 Å². The Kier molecular flexibility index (Phi) is 5.06. The molecule has 0 N–H and O–H groups in total. The van der Waals surface area contributed by atoms with Gasteiger partial charge in [0.15, 0.2) is 0 Å². The van der Waals surface area contributed by atoms with E-state index >= 15 is 0 Å². The van der Waals surface area contributed by atoms with Crippen LogP contribution in [0.15, 0.2) is 140 Å². The number of nitrogens with zero attached hydrogens (tertiary/aromatic N) is 3.